The van der Waals surface area contributed by atoms with Gasteiger partial charge in [0.25, 0.3) is 0 Å². The Kier molecular flexibility index (Phi) is 3.89. The highest BCUT2D eigenvalue weighted by molar-refractivity contribution is 9.10. The molecule has 0 saturated carbocycles. The maximum Gasteiger partial charge on any atom is 0.308 e. The van der Waals surface area contributed by atoms with E-state index in [1.54, 1.807) is 30.3 Å². The summed E-state index contributed by atoms with van der Waals surface area (Å²) in [7, 11) is 0. The second-order valence-corrected chi connectivity index (χ2v) is 6.24. The first-order chi connectivity index (χ1) is 12.1. The Labute approximate surface area is 150 Å². The van der Waals surface area contributed by atoms with Gasteiger partial charge in [0.05, 0.1) is 5.52 Å². The quantitative estimate of drug-likeness (QED) is 0.632. The van der Waals surface area contributed by atoms with Crippen molar-refractivity contribution in [2.75, 3.05) is 6.61 Å². The van der Waals surface area contributed by atoms with Gasteiger partial charge in [-0.1, -0.05) is 24.3 Å². The van der Waals surface area contributed by atoms with E-state index >= 15 is 0 Å². The number of H-pyrrole nitrogens is 1. The summed E-state index contributed by atoms with van der Waals surface area (Å²) >= 11 is 3.38. The molecule has 0 bridgehead atoms. The molecule has 1 aliphatic heterocycles. The number of ether oxygens (including phenoxy) is 2. The van der Waals surface area contributed by atoms with Crippen molar-refractivity contribution in [3.63, 3.8) is 0 Å². The Morgan fingerprint density at radius 3 is 2.84 bits per heavy atom. The molecule has 3 aromatic rings. The van der Waals surface area contributed by atoms with Crippen LogP contribution in [0.25, 0.3) is 10.9 Å². The number of nitrogens with zero attached hydrogens (tertiary/aromatic N) is 2. The van der Waals surface area contributed by atoms with E-state index in [0.717, 1.165) is 4.47 Å². The molecule has 0 unspecified atom stereocenters. The average molecular weight is 402 g/mol. The van der Waals surface area contributed by atoms with E-state index in [1.807, 2.05) is 12.1 Å². The maximum absolute atomic E-state index is 12.3. The Balaban J connectivity index is 1.58. The van der Waals surface area contributed by atoms with Crippen molar-refractivity contribution < 1.29 is 19.4 Å². The third-order valence-electron chi connectivity index (χ3n) is 3.77. The molecule has 7 nitrogen and oxygen atoms in total. The average Bonchev–Trinajstić information content (AvgIpc) is 2.96. The second kappa shape index (κ2) is 6.21. The molecule has 1 atom stereocenters. The first-order valence-electron chi connectivity index (χ1n) is 7.46. The molecular weight excluding hydrogens is 390 g/mol. The Morgan fingerprint density at radius 2 is 2.00 bits per heavy atom. The highest BCUT2D eigenvalue weighted by Gasteiger charge is 2.27. The number of hydrogen-bond acceptors (Lipinski definition) is 5. The van der Waals surface area contributed by atoms with E-state index in [4.69, 9.17) is 9.47 Å². The topological polar surface area (TPSA) is 96.3 Å². The number of rotatable bonds is 2. The van der Waals surface area contributed by atoms with Gasteiger partial charge >= 0.3 is 5.91 Å². The first-order valence-corrected chi connectivity index (χ1v) is 8.26. The molecule has 0 radical (unpaired) electrons. The van der Waals surface area contributed by atoms with Crippen LogP contribution in [0.1, 0.15) is 0 Å². The molecule has 0 fully saturated rings. The van der Waals surface area contributed by atoms with Crippen LogP contribution < -0.4 is 9.47 Å². The van der Waals surface area contributed by atoms with Gasteiger partial charge in [-0.3, -0.25) is 4.79 Å². The van der Waals surface area contributed by atoms with Crippen molar-refractivity contribution in [3.8, 4) is 17.4 Å². The van der Waals surface area contributed by atoms with Crippen LogP contribution in [0.15, 0.2) is 57.2 Å². The number of aromatic hydroxyl groups is 1. The van der Waals surface area contributed by atoms with E-state index in [2.05, 4.69) is 31.1 Å². The normalized spacial score (nSPS) is 16.4. The molecule has 4 rings (SSSR count). The number of amides is 1. The summed E-state index contributed by atoms with van der Waals surface area (Å²) in [4.78, 5) is 15.1. The van der Waals surface area contributed by atoms with Crippen LogP contribution in [0.5, 0.6) is 17.4 Å². The summed E-state index contributed by atoms with van der Waals surface area (Å²) in [5.41, 5.74) is 0.870. The van der Waals surface area contributed by atoms with Crippen molar-refractivity contribution in [3.05, 3.63) is 46.9 Å². The molecule has 0 spiro atoms. The fraction of sp³-hybridized carbons (Fsp3) is 0.118. The minimum absolute atomic E-state index is 0.0558. The zero-order chi connectivity index (χ0) is 17.4. The number of hydrogen-bond donors (Lipinski definition) is 2. The number of halogens is 1. The van der Waals surface area contributed by atoms with E-state index in [9.17, 15) is 9.90 Å². The van der Waals surface area contributed by atoms with Crippen molar-refractivity contribution >= 4 is 38.4 Å². The van der Waals surface area contributed by atoms with Gasteiger partial charge in [-0.2, -0.15) is 0 Å². The van der Waals surface area contributed by atoms with E-state index < -0.39 is 12.0 Å². The lowest BCUT2D eigenvalue weighted by Gasteiger charge is -2.23. The number of para-hydroxylation sites is 3. The minimum Gasteiger partial charge on any atom is -0.493 e. The maximum atomic E-state index is 12.3. The standard InChI is InChI=1S/C17H12BrN3O4/c18-10-5-3-4-9-14(10)19-17(23)15(9)20-21-16(22)13-8-24-11-6-1-2-7-12(11)25-13/h1-7,13,19,23H,8H2/t13-/m1/s1. The van der Waals surface area contributed by atoms with Crippen LogP contribution in [0.2, 0.25) is 0 Å². The Bertz CT molecular complexity index is 999. The van der Waals surface area contributed by atoms with Crippen molar-refractivity contribution in [1.29, 1.82) is 0 Å². The molecule has 0 saturated heterocycles. The predicted molar refractivity (Wildman–Crippen MR) is 93.5 cm³/mol. The summed E-state index contributed by atoms with van der Waals surface area (Å²) in [6.07, 6.45) is -0.877. The zero-order valence-electron chi connectivity index (χ0n) is 12.8. The van der Waals surface area contributed by atoms with Gasteiger partial charge in [-0.15, -0.1) is 10.2 Å². The van der Waals surface area contributed by atoms with Gasteiger partial charge in [0.1, 0.15) is 6.61 Å². The van der Waals surface area contributed by atoms with E-state index in [-0.39, 0.29) is 18.2 Å². The summed E-state index contributed by atoms with van der Waals surface area (Å²) in [6, 6.07) is 12.5. The number of aromatic nitrogens is 1. The largest absolute Gasteiger partial charge is 0.493 e. The van der Waals surface area contributed by atoms with Crippen molar-refractivity contribution in [1.82, 2.24) is 4.98 Å². The number of aromatic amines is 1. The SMILES string of the molecule is O=C(N=Nc1c(O)[nH]c2c(Br)cccc12)[C@H]1COc2ccccc2O1. The molecule has 0 aliphatic carbocycles. The van der Waals surface area contributed by atoms with Crippen LogP contribution in [-0.2, 0) is 4.79 Å². The molecule has 2 heterocycles. The molecule has 2 N–H and O–H groups in total. The number of carbonyl (C=O) groups excluding carboxylic acids is 1. The third-order valence-corrected chi connectivity index (χ3v) is 4.43. The smallest absolute Gasteiger partial charge is 0.308 e. The Hall–Kier alpha value is -2.87. The number of benzene rings is 2. The monoisotopic (exact) mass is 401 g/mol. The first kappa shape index (κ1) is 15.6. The number of fused-ring (bicyclic) bond motifs is 2. The summed E-state index contributed by atoms with van der Waals surface area (Å²) in [5.74, 6) is 0.326. The summed E-state index contributed by atoms with van der Waals surface area (Å²) in [6.45, 7) is 0.0558. The van der Waals surface area contributed by atoms with Crippen LogP contribution >= 0.6 is 15.9 Å². The molecule has 8 heteroatoms. The molecule has 25 heavy (non-hydrogen) atoms. The second-order valence-electron chi connectivity index (χ2n) is 5.39. The summed E-state index contributed by atoms with van der Waals surface area (Å²) < 4.78 is 11.9. The predicted octanol–water partition coefficient (Wildman–Crippen LogP) is 4.09. The van der Waals surface area contributed by atoms with Crippen LogP contribution in [0.3, 0.4) is 0 Å². The molecule has 126 valence electrons. The zero-order valence-corrected chi connectivity index (χ0v) is 14.4. The fourth-order valence-corrected chi connectivity index (χ4v) is 3.03. The van der Waals surface area contributed by atoms with Gasteiger partial charge in [0.2, 0.25) is 12.0 Å². The van der Waals surface area contributed by atoms with Gasteiger partial charge in [0, 0.05) is 9.86 Å². The van der Waals surface area contributed by atoms with Crippen LogP contribution in [0.4, 0.5) is 5.69 Å². The highest BCUT2D eigenvalue weighted by Crippen LogP contribution is 2.38. The molecule has 1 aromatic heterocycles. The van der Waals surface area contributed by atoms with Crippen molar-refractivity contribution in [2.45, 2.75) is 6.10 Å². The van der Waals surface area contributed by atoms with E-state index in [0.29, 0.717) is 22.4 Å². The number of carbonyl (C=O) groups is 1. The van der Waals surface area contributed by atoms with Crippen LogP contribution in [0, 0.1) is 0 Å². The summed E-state index contributed by atoms with van der Waals surface area (Å²) in [5, 5.41) is 18.3. The number of nitrogens with one attached hydrogen (secondary N) is 1. The van der Waals surface area contributed by atoms with E-state index in [1.165, 1.54) is 0 Å². The van der Waals surface area contributed by atoms with Crippen LogP contribution in [-0.4, -0.2) is 28.7 Å². The molecular formula is C17H12BrN3O4. The van der Waals surface area contributed by atoms with Gasteiger partial charge in [-0.05, 0) is 34.1 Å². The van der Waals surface area contributed by atoms with Gasteiger partial charge in [0.15, 0.2) is 17.2 Å². The van der Waals surface area contributed by atoms with Crippen molar-refractivity contribution in [2.24, 2.45) is 10.2 Å². The lowest BCUT2D eigenvalue weighted by Crippen LogP contribution is -2.35. The lowest BCUT2D eigenvalue weighted by atomic mass is 10.2. The Morgan fingerprint density at radius 1 is 1.20 bits per heavy atom. The molecule has 1 aliphatic rings. The third kappa shape index (κ3) is 2.85. The molecule has 2 aromatic carbocycles. The molecule has 1 amide bonds. The van der Waals surface area contributed by atoms with Gasteiger partial charge < -0.3 is 19.6 Å². The lowest BCUT2D eigenvalue weighted by molar-refractivity contribution is -0.127. The highest BCUT2D eigenvalue weighted by atomic mass is 79.9. The van der Waals surface area contributed by atoms with Gasteiger partial charge in [-0.25, -0.2) is 0 Å². The fourth-order valence-electron chi connectivity index (χ4n) is 2.56. The number of azo groups is 1. The minimum atomic E-state index is -0.877.